The summed E-state index contributed by atoms with van der Waals surface area (Å²) in [6.45, 7) is 0. The number of carbonyl (C=O) groups excluding carboxylic acids is 2. The number of nitrogens with one attached hydrogen (secondary N) is 1. The molecule has 140 valence electrons. The van der Waals surface area contributed by atoms with Gasteiger partial charge in [0.05, 0.1) is 16.9 Å². The van der Waals surface area contributed by atoms with Crippen molar-refractivity contribution in [1.29, 1.82) is 0 Å². The zero-order valence-electron chi connectivity index (χ0n) is 14.5. The Morgan fingerprint density at radius 1 is 0.929 bits per heavy atom. The summed E-state index contributed by atoms with van der Waals surface area (Å²) in [5.74, 6) is -1.04. The standard InChI is InChI=1S/C20H15ClN4O3/c21-15-6-4-13(5-7-15)20(27)28-25-18-10-8-17(9-11-18)23-24-19(26)14-2-1-3-16(22)12-14/h1-12,25H,22H2. The molecule has 28 heavy (non-hydrogen) atoms. The number of amides is 1. The van der Waals surface area contributed by atoms with Crippen LogP contribution in [0.2, 0.25) is 5.02 Å². The maximum atomic E-state index is 12.0. The van der Waals surface area contributed by atoms with Crippen LogP contribution in [-0.2, 0) is 4.84 Å². The van der Waals surface area contributed by atoms with Crippen LogP contribution in [0.25, 0.3) is 0 Å². The van der Waals surface area contributed by atoms with Gasteiger partial charge in [0.1, 0.15) is 0 Å². The van der Waals surface area contributed by atoms with E-state index in [1.165, 1.54) is 6.07 Å². The van der Waals surface area contributed by atoms with Crippen LogP contribution in [0.4, 0.5) is 17.1 Å². The highest BCUT2D eigenvalue weighted by molar-refractivity contribution is 6.30. The molecule has 3 aromatic carbocycles. The molecule has 0 unspecified atom stereocenters. The Kier molecular flexibility index (Phi) is 5.98. The van der Waals surface area contributed by atoms with Gasteiger partial charge < -0.3 is 10.6 Å². The summed E-state index contributed by atoms with van der Waals surface area (Å²) in [6, 6.07) is 19.3. The number of hydrogen-bond donors (Lipinski definition) is 2. The molecule has 0 aromatic heterocycles. The van der Waals surface area contributed by atoms with E-state index < -0.39 is 11.9 Å². The van der Waals surface area contributed by atoms with Crippen LogP contribution in [0.3, 0.4) is 0 Å². The summed E-state index contributed by atoms with van der Waals surface area (Å²) in [5.41, 5.74) is 10.4. The maximum absolute atomic E-state index is 12.0. The van der Waals surface area contributed by atoms with E-state index in [2.05, 4.69) is 15.7 Å². The average molecular weight is 395 g/mol. The molecule has 0 radical (unpaired) electrons. The van der Waals surface area contributed by atoms with Crippen LogP contribution in [0.5, 0.6) is 0 Å². The molecule has 0 aliphatic rings. The molecular formula is C20H15ClN4O3. The van der Waals surface area contributed by atoms with Crippen molar-refractivity contribution in [2.45, 2.75) is 0 Å². The highest BCUT2D eigenvalue weighted by Gasteiger charge is 2.07. The lowest BCUT2D eigenvalue weighted by Gasteiger charge is -2.06. The van der Waals surface area contributed by atoms with E-state index in [4.69, 9.17) is 22.2 Å². The smallest absolute Gasteiger partial charge is 0.362 e. The van der Waals surface area contributed by atoms with Gasteiger partial charge in [0.15, 0.2) is 0 Å². The maximum Gasteiger partial charge on any atom is 0.362 e. The van der Waals surface area contributed by atoms with Crippen LogP contribution in [0.1, 0.15) is 20.7 Å². The molecule has 3 aromatic rings. The third-order valence-corrected chi connectivity index (χ3v) is 3.85. The lowest BCUT2D eigenvalue weighted by Crippen LogP contribution is -2.10. The van der Waals surface area contributed by atoms with Crippen LogP contribution in [0.15, 0.2) is 83.0 Å². The number of nitrogens with two attached hydrogens (primary N) is 1. The van der Waals surface area contributed by atoms with Gasteiger partial charge in [-0.25, -0.2) is 10.3 Å². The molecule has 0 aliphatic heterocycles. The first-order chi connectivity index (χ1) is 13.5. The molecule has 3 N–H and O–H groups in total. The summed E-state index contributed by atoms with van der Waals surface area (Å²) in [7, 11) is 0. The third kappa shape index (κ3) is 5.15. The van der Waals surface area contributed by atoms with E-state index in [0.29, 0.717) is 33.2 Å². The number of halogens is 1. The molecule has 0 saturated heterocycles. The summed E-state index contributed by atoms with van der Waals surface area (Å²) < 4.78 is 0. The van der Waals surface area contributed by atoms with Crippen LogP contribution in [-0.4, -0.2) is 11.9 Å². The van der Waals surface area contributed by atoms with E-state index in [1.807, 2.05) is 0 Å². The molecule has 0 spiro atoms. The molecule has 0 heterocycles. The number of nitrogens with zero attached hydrogens (tertiary/aromatic N) is 2. The molecular weight excluding hydrogens is 380 g/mol. The minimum absolute atomic E-state index is 0.358. The number of rotatable bonds is 5. The van der Waals surface area contributed by atoms with Crippen molar-refractivity contribution in [2.75, 3.05) is 11.2 Å². The Balaban J connectivity index is 1.56. The molecule has 0 aliphatic carbocycles. The number of benzene rings is 3. The predicted octanol–water partition coefficient (Wildman–Crippen LogP) is 5.03. The summed E-state index contributed by atoms with van der Waals surface area (Å²) >= 11 is 5.78. The van der Waals surface area contributed by atoms with Crippen LogP contribution >= 0.6 is 11.6 Å². The highest BCUT2D eigenvalue weighted by atomic mass is 35.5. The molecule has 7 nitrogen and oxygen atoms in total. The summed E-state index contributed by atoms with van der Waals surface area (Å²) in [6.07, 6.45) is 0. The second-order valence-electron chi connectivity index (χ2n) is 5.68. The SMILES string of the molecule is Nc1cccc(C(=O)N=Nc2ccc(NOC(=O)c3ccc(Cl)cc3)cc2)c1. The molecule has 0 atom stereocenters. The van der Waals surface area contributed by atoms with Crippen LogP contribution < -0.4 is 11.2 Å². The largest absolute Gasteiger partial charge is 0.399 e. The first-order valence-electron chi connectivity index (χ1n) is 8.16. The van der Waals surface area contributed by atoms with E-state index >= 15 is 0 Å². The Hall–Kier alpha value is -3.71. The highest BCUT2D eigenvalue weighted by Crippen LogP contribution is 2.18. The Labute approximate surface area is 165 Å². The average Bonchev–Trinajstić information content (AvgIpc) is 2.71. The molecule has 1 amide bonds. The minimum Gasteiger partial charge on any atom is -0.399 e. The lowest BCUT2D eigenvalue weighted by molar-refractivity contribution is 0.0596. The second kappa shape index (κ2) is 8.79. The first kappa shape index (κ1) is 19.1. The first-order valence-corrected chi connectivity index (χ1v) is 8.53. The van der Waals surface area contributed by atoms with Crippen molar-refractivity contribution in [2.24, 2.45) is 10.2 Å². The zero-order valence-corrected chi connectivity index (χ0v) is 15.3. The van der Waals surface area contributed by atoms with Gasteiger partial charge in [-0.3, -0.25) is 4.79 Å². The number of hydrogen-bond acceptors (Lipinski definition) is 6. The number of anilines is 2. The number of azo groups is 1. The molecule has 8 heteroatoms. The van der Waals surface area contributed by atoms with Crippen molar-refractivity contribution in [3.05, 3.63) is 88.9 Å². The number of carbonyl (C=O) groups is 2. The Morgan fingerprint density at radius 3 is 2.32 bits per heavy atom. The van der Waals surface area contributed by atoms with Gasteiger partial charge in [-0.15, -0.1) is 10.2 Å². The van der Waals surface area contributed by atoms with Gasteiger partial charge in [-0.1, -0.05) is 17.7 Å². The van der Waals surface area contributed by atoms with E-state index in [-0.39, 0.29) is 0 Å². The molecule has 0 saturated carbocycles. The fraction of sp³-hybridized carbons (Fsp3) is 0. The third-order valence-electron chi connectivity index (χ3n) is 3.60. The summed E-state index contributed by atoms with van der Waals surface area (Å²) in [5, 5.41) is 8.09. The van der Waals surface area contributed by atoms with Crippen LogP contribution in [0, 0.1) is 0 Å². The molecule has 0 bridgehead atoms. The van der Waals surface area contributed by atoms with E-state index in [1.54, 1.807) is 66.7 Å². The summed E-state index contributed by atoms with van der Waals surface area (Å²) in [4.78, 5) is 28.9. The fourth-order valence-corrected chi connectivity index (χ4v) is 2.30. The lowest BCUT2D eigenvalue weighted by atomic mass is 10.2. The second-order valence-corrected chi connectivity index (χ2v) is 6.11. The predicted molar refractivity (Wildman–Crippen MR) is 107 cm³/mol. The topological polar surface area (TPSA) is 106 Å². The normalized spacial score (nSPS) is 10.6. The zero-order chi connectivity index (χ0) is 19.9. The van der Waals surface area contributed by atoms with E-state index in [9.17, 15) is 9.59 Å². The van der Waals surface area contributed by atoms with Gasteiger partial charge in [0.25, 0.3) is 5.91 Å². The number of nitrogen functional groups attached to an aromatic ring is 1. The Bertz CT molecular complexity index is 1020. The minimum atomic E-state index is -0.548. The van der Waals surface area contributed by atoms with Gasteiger partial charge in [0, 0.05) is 16.3 Å². The quantitative estimate of drug-likeness (QED) is 0.358. The van der Waals surface area contributed by atoms with Crippen molar-refractivity contribution in [1.82, 2.24) is 0 Å². The monoisotopic (exact) mass is 394 g/mol. The van der Waals surface area contributed by atoms with Gasteiger partial charge in [-0.05, 0) is 66.7 Å². The van der Waals surface area contributed by atoms with Gasteiger partial charge in [-0.2, -0.15) is 0 Å². The fourth-order valence-electron chi connectivity index (χ4n) is 2.18. The van der Waals surface area contributed by atoms with Gasteiger partial charge in [0.2, 0.25) is 0 Å². The molecule has 0 fully saturated rings. The Morgan fingerprint density at radius 2 is 1.64 bits per heavy atom. The van der Waals surface area contributed by atoms with Gasteiger partial charge >= 0.3 is 5.97 Å². The van der Waals surface area contributed by atoms with Crippen molar-refractivity contribution < 1.29 is 14.4 Å². The van der Waals surface area contributed by atoms with Crippen molar-refractivity contribution in [3.63, 3.8) is 0 Å². The molecule has 3 rings (SSSR count). The van der Waals surface area contributed by atoms with Crippen molar-refractivity contribution in [3.8, 4) is 0 Å². The van der Waals surface area contributed by atoms with Crippen molar-refractivity contribution >= 4 is 40.5 Å². The van der Waals surface area contributed by atoms with E-state index in [0.717, 1.165) is 0 Å².